The number of likely N-dealkylation sites (tertiary alicyclic amines) is 1. The first kappa shape index (κ1) is 13.0. The lowest BCUT2D eigenvalue weighted by molar-refractivity contribution is 0.123. The van der Waals surface area contributed by atoms with E-state index in [9.17, 15) is 9.50 Å². The molecule has 19 heavy (non-hydrogen) atoms. The molecule has 1 saturated carbocycles. The number of halogens is 1. The van der Waals surface area contributed by atoms with E-state index < -0.39 is 0 Å². The summed E-state index contributed by atoms with van der Waals surface area (Å²) in [5, 5.41) is 9.89. The molecule has 1 aromatic carbocycles. The van der Waals surface area contributed by atoms with Gasteiger partial charge in [-0.3, -0.25) is 4.90 Å². The second kappa shape index (κ2) is 5.19. The number of benzene rings is 1. The van der Waals surface area contributed by atoms with Gasteiger partial charge in [0, 0.05) is 37.7 Å². The van der Waals surface area contributed by atoms with Crippen LogP contribution in [0.5, 0.6) is 0 Å². The molecule has 0 amide bonds. The molecule has 3 nitrogen and oxygen atoms in total. The Bertz CT molecular complexity index is 465. The molecule has 1 saturated heterocycles. The Morgan fingerprint density at radius 3 is 2.84 bits per heavy atom. The lowest BCUT2D eigenvalue weighted by atomic mass is 10.00. The van der Waals surface area contributed by atoms with Crippen molar-refractivity contribution in [2.24, 2.45) is 17.6 Å². The number of aliphatic hydroxyl groups excluding tert-OH is 1. The quantitative estimate of drug-likeness (QED) is 0.869. The van der Waals surface area contributed by atoms with Gasteiger partial charge in [0.25, 0.3) is 0 Å². The van der Waals surface area contributed by atoms with Crippen LogP contribution >= 0.6 is 0 Å². The number of rotatable bonds is 3. The summed E-state index contributed by atoms with van der Waals surface area (Å²) < 4.78 is 13.9. The maximum absolute atomic E-state index is 13.9. The molecule has 104 valence electrons. The van der Waals surface area contributed by atoms with Gasteiger partial charge in [-0.25, -0.2) is 4.39 Å². The number of hydrogen-bond acceptors (Lipinski definition) is 3. The first-order chi connectivity index (χ1) is 9.17. The zero-order valence-electron chi connectivity index (χ0n) is 11.1. The summed E-state index contributed by atoms with van der Waals surface area (Å²) in [6.45, 7) is 2.89. The van der Waals surface area contributed by atoms with Crippen LogP contribution < -0.4 is 5.73 Å². The predicted octanol–water partition coefficient (Wildman–Crippen LogP) is 1.49. The standard InChI is InChI=1S/C15H21FN2O/c16-14-5-10(6-17)1-2-12(14)8-18-7-11-3-4-15(19)13(11)9-18/h1-2,5,11,13,15,19H,3-4,6-9,17H2. The second-order valence-electron chi connectivity index (χ2n) is 5.89. The number of nitrogens with zero attached hydrogens (tertiary/aromatic N) is 1. The fourth-order valence-corrected chi connectivity index (χ4v) is 3.54. The molecule has 0 radical (unpaired) electrons. The van der Waals surface area contributed by atoms with E-state index in [1.165, 1.54) is 6.07 Å². The summed E-state index contributed by atoms with van der Waals surface area (Å²) >= 11 is 0. The van der Waals surface area contributed by atoms with E-state index in [-0.39, 0.29) is 11.9 Å². The third-order valence-electron chi connectivity index (χ3n) is 4.64. The van der Waals surface area contributed by atoms with Gasteiger partial charge in [-0.15, -0.1) is 0 Å². The van der Waals surface area contributed by atoms with Gasteiger partial charge in [0.2, 0.25) is 0 Å². The molecule has 3 unspecified atom stereocenters. The smallest absolute Gasteiger partial charge is 0.128 e. The van der Waals surface area contributed by atoms with Crippen LogP contribution in [0, 0.1) is 17.7 Å². The Balaban J connectivity index is 1.66. The highest BCUT2D eigenvalue weighted by Crippen LogP contribution is 2.38. The van der Waals surface area contributed by atoms with Crippen molar-refractivity contribution in [3.63, 3.8) is 0 Å². The number of hydrogen-bond donors (Lipinski definition) is 2. The molecular weight excluding hydrogens is 243 g/mol. The maximum atomic E-state index is 13.9. The molecule has 1 aliphatic heterocycles. The van der Waals surface area contributed by atoms with Gasteiger partial charge in [-0.05, 0) is 30.4 Å². The van der Waals surface area contributed by atoms with Crippen molar-refractivity contribution in [3.05, 3.63) is 35.1 Å². The molecule has 2 aliphatic rings. The normalized spacial score (nSPS) is 30.8. The Morgan fingerprint density at radius 1 is 1.32 bits per heavy atom. The highest BCUT2D eigenvalue weighted by molar-refractivity contribution is 5.24. The van der Waals surface area contributed by atoms with E-state index in [4.69, 9.17) is 5.73 Å². The monoisotopic (exact) mass is 264 g/mol. The van der Waals surface area contributed by atoms with Gasteiger partial charge in [-0.2, -0.15) is 0 Å². The SMILES string of the molecule is NCc1ccc(CN2CC3CCC(O)C3C2)c(F)c1. The van der Waals surface area contributed by atoms with Crippen LogP contribution in [-0.2, 0) is 13.1 Å². The fourth-order valence-electron chi connectivity index (χ4n) is 3.54. The molecule has 0 bridgehead atoms. The maximum Gasteiger partial charge on any atom is 0.128 e. The summed E-state index contributed by atoms with van der Waals surface area (Å²) in [7, 11) is 0. The molecular formula is C15H21FN2O. The van der Waals surface area contributed by atoms with Crippen molar-refractivity contribution in [1.82, 2.24) is 4.90 Å². The number of aliphatic hydroxyl groups is 1. The molecule has 3 N–H and O–H groups in total. The third kappa shape index (κ3) is 2.53. The zero-order valence-corrected chi connectivity index (χ0v) is 11.1. The minimum absolute atomic E-state index is 0.153. The van der Waals surface area contributed by atoms with Crippen LogP contribution in [0.2, 0.25) is 0 Å². The van der Waals surface area contributed by atoms with Crippen LogP contribution in [0.25, 0.3) is 0 Å². The summed E-state index contributed by atoms with van der Waals surface area (Å²) in [6, 6.07) is 5.26. The zero-order chi connectivity index (χ0) is 13.4. The van der Waals surface area contributed by atoms with Gasteiger partial charge in [0.15, 0.2) is 0 Å². The van der Waals surface area contributed by atoms with Gasteiger partial charge < -0.3 is 10.8 Å². The summed E-state index contributed by atoms with van der Waals surface area (Å²) in [5.41, 5.74) is 7.06. The predicted molar refractivity (Wildman–Crippen MR) is 71.8 cm³/mol. The van der Waals surface area contributed by atoms with Crippen molar-refractivity contribution in [2.45, 2.75) is 32.0 Å². The first-order valence-electron chi connectivity index (χ1n) is 7.05. The second-order valence-corrected chi connectivity index (χ2v) is 5.89. The molecule has 0 spiro atoms. The molecule has 1 aliphatic carbocycles. The van der Waals surface area contributed by atoms with Crippen LogP contribution in [-0.4, -0.2) is 29.2 Å². The Hall–Kier alpha value is -0.970. The van der Waals surface area contributed by atoms with E-state index in [2.05, 4.69) is 4.90 Å². The van der Waals surface area contributed by atoms with Crippen molar-refractivity contribution in [3.8, 4) is 0 Å². The van der Waals surface area contributed by atoms with Crippen molar-refractivity contribution in [1.29, 1.82) is 0 Å². The van der Waals surface area contributed by atoms with Gasteiger partial charge in [-0.1, -0.05) is 12.1 Å². The number of fused-ring (bicyclic) bond motifs is 1. The molecule has 2 fully saturated rings. The summed E-state index contributed by atoms with van der Waals surface area (Å²) in [4.78, 5) is 2.26. The molecule has 1 heterocycles. The third-order valence-corrected chi connectivity index (χ3v) is 4.64. The van der Waals surface area contributed by atoms with Crippen molar-refractivity contribution >= 4 is 0 Å². The Morgan fingerprint density at radius 2 is 2.16 bits per heavy atom. The lowest BCUT2D eigenvalue weighted by Gasteiger charge is -2.18. The fraction of sp³-hybridized carbons (Fsp3) is 0.600. The average Bonchev–Trinajstić information content (AvgIpc) is 2.94. The number of nitrogens with two attached hydrogens (primary N) is 1. The molecule has 3 rings (SSSR count). The largest absolute Gasteiger partial charge is 0.393 e. The van der Waals surface area contributed by atoms with Crippen LogP contribution in [0.3, 0.4) is 0 Å². The van der Waals surface area contributed by atoms with E-state index in [1.807, 2.05) is 12.1 Å². The topological polar surface area (TPSA) is 49.5 Å². The lowest BCUT2D eigenvalue weighted by Crippen LogP contribution is -2.24. The average molecular weight is 264 g/mol. The van der Waals surface area contributed by atoms with Gasteiger partial charge in [0.05, 0.1) is 6.10 Å². The Kier molecular flexibility index (Phi) is 3.56. The van der Waals surface area contributed by atoms with Gasteiger partial charge in [0.1, 0.15) is 5.82 Å². The van der Waals surface area contributed by atoms with Crippen LogP contribution in [0.1, 0.15) is 24.0 Å². The minimum Gasteiger partial charge on any atom is -0.393 e. The van der Waals surface area contributed by atoms with E-state index in [0.29, 0.717) is 24.9 Å². The van der Waals surface area contributed by atoms with E-state index >= 15 is 0 Å². The first-order valence-corrected chi connectivity index (χ1v) is 7.05. The van der Waals surface area contributed by atoms with Gasteiger partial charge >= 0.3 is 0 Å². The molecule has 4 heteroatoms. The summed E-state index contributed by atoms with van der Waals surface area (Å²) in [5.74, 6) is 0.827. The van der Waals surface area contributed by atoms with Crippen LogP contribution in [0.4, 0.5) is 4.39 Å². The molecule has 0 aromatic heterocycles. The van der Waals surface area contributed by atoms with Crippen LogP contribution in [0.15, 0.2) is 18.2 Å². The van der Waals surface area contributed by atoms with E-state index in [0.717, 1.165) is 37.1 Å². The minimum atomic E-state index is -0.166. The highest BCUT2D eigenvalue weighted by atomic mass is 19.1. The summed E-state index contributed by atoms with van der Waals surface area (Å²) in [6.07, 6.45) is 1.89. The van der Waals surface area contributed by atoms with Crippen molar-refractivity contribution < 1.29 is 9.50 Å². The van der Waals surface area contributed by atoms with E-state index in [1.54, 1.807) is 0 Å². The molecule has 3 atom stereocenters. The van der Waals surface area contributed by atoms with Crippen molar-refractivity contribution in [2.75, 3.05) is 13.1 Å². The molecule has 1 aromatic rings. The Labute approximate surface area is 113 Å². The highest BCUT2D eigenvalue weighted by Gasteiger charge is 2.41.